The number of aldehydes is 1. The first-order valence-electron chi connectivity index (χ1n) is 7.12. The molecule has 1 aromatic heterocycles. The van der Waals surface area contributed by atoms with E-state index in [0.717, 1.165) is 6.07 Å². The normalized spacial score (nSPS) is 12.1. The Kier molecular flexibility index (Phi) is 4.37. The number of carbonyl (C=O) groups is 2. The Balaban J connectivity index is 2.26. The third-order valence-electron chi connectivity index (χ3n) is 3.75. The fraction of sp³-hybridized carbons (Fsp3) is 0.0556. The monoisotopic (exact) mass is 360 g/mol. The van der Waals surface area contributed by atoms with Gasteiger partial charge in [0.2, 0.25) is 0 Å². The molecule has 1 heterocycles. The molecule has 0 amide bonds. The summed E-state index contributed by atoms with van der Waals surface area (Å²) < 4.78 is 18.4. The lowest BCUT2D eigenvalue weighted by Crippen LogP contribution is -2.12. The van der Waals surface area contributed by atoms with Gasteiger partial charge in [0.15, 0.2) is 0 Å². The van der Waals surface area contributed by atoms with Crippen LogP contribution in [0.3, 0.4) is 0 Å². The maximum atomic E-state index is 13.3. The molecule has 1 unspecified atom stereocenters. The van der Waals surface area contributed by atoms with Gasteiger partial charge in [0.1, 0.15) is 23.6 Å². The minimum Gasteiger partial charge on any atom is -0.480 e. The molecule has 7 heteroatoms. The second-order valence-corrected chi connectivity index (χ2v) is 5.72. The lowest BCUT2D eigenvalue weighted by atomic mass is 9.96. The van der Waals surface area contributed by atoms with Crippen molar-refractivity contribution in [1.82, 2.24) is 0 Å². The summed E-state index contributed by atoms with van der Waals surface area (Å²) in [6.45, 7) is 0. The molecular formula is C18H10ClFO5. The van der Waals surface area contributed by atoms with Crippen LogP contribution in [-0.4, -0.2) is 17.4 Å². The van der Waals surface area contributed by atoms with E-state index >= 15 is 0 Å². The Bertz CT molecular complexity index is 1060. The largest absolute Gasteiger partial charge is 0.480 e. The van der Waals surface area contributed by atoms with Gasteiger partial charge in [-0.3, -0.25) is 4.79 Å². The summed E-state index contributed by atoms with van der Waals surface area (Å²) in [7, 11) is 0. The van der Waals surface area contributed by atoms with Gasteiger partial charge in [-0.25, -0.2) is 9.18 Å². The number of hydrogen-bond acceptors (Lipinski definition) is 4. The van der Waals surface area contributed by atoms with Crippen LogP contribution < -0.4 is 5.63 Å². The fourth-order valence-electron chi connectivity index (χ4n) is 2.58. The molecule has 1 atom stereocenters. The van der Waals surface area contributed by atoms with Gasteiger partial charge in [0.05, 0.1) is 5.02 Å². The summed E-state index contributed by atoms with van der Waals surface area (Å²) >= 11 is 6.07. The number of hydrogen-bond donors (Lipinski definition) is 1. The van der Waals surface area contributed by atoms with E-state index in [0.29, 0.717) is 22.8 Å². The predicted octanol–water partition coefficient (Wildman–Crippen LogP) is 3.62. The Morgan fingerprint density at radius 3 is 2.56 bits per heavy atom. The second kappa shape index (κ2) is 6.49. The number of carbonyl (C=O) groups excluding carboxylic acids is 1. The first kappa shape index (κ1) is 16.9. The first-order valence-corrected chi connectivity index (χ1v) is 7.50. The average molecular weight is 361 g/mol. The van der Waals surface area contributed by atoms with Crippen molar-refractivity contribution in [3.05, 3.63) is 69.3 Å². The lowest BCUT2D eigenvalue weighted by Gasteiger charge is -2.10. The Morgan fingerprint density at radius 1 is 1.16 bits per heavy atom. The van der Waals surface area contributed by atoms with Crippen molar-refractivity contribution in [1.29, 1.82) is 0 Å². The average Bonchev–Trinajstić information content (AvgIpc) is 2.54. The van der Waals surface area contributed by atoms with E-state index in [1.54, 1.807) is 0 Å². The van der Waals surface area contributed by atoms with E-state index in [2.05, 4.69) is 0 Å². The maximum absolute atomic E-state index is 13.3. The summed E-state index contributed by atoms with van der Waals surface area (Å²) in [4.78, 5) is 34.0. The van der Waals surface area contributed by atoms with E-state index in [1.165, 1.54) is 36.4 Å². The van der Waals surface area contributed by atoms with Gasteiger partial charge < -0.3 is 14.3 Å². The zero-order valence-electron chi connectivity index (χ0n) is 12.5. The van der Waals surface area contributed by atoms with Crippen LogP contribution in [0.15, 0.2) is 51.7 Å². The molecule has 3 aromatic rings. The number of benzene rings is 2. The molecule has 0 saturated carbocycles. The van der Waals surface area contributed by atoms with E-state index in [-0.39, 0.29) is 16.2 Å². The van der Waals surface area contributed by atoms with Crippen molar-refractivity contribution < 1.29 is 23.5 Å². The van der Waals surface area contributed by atoms with Crippen LogP contribution in [0, 0.1) is 5.82 Å². The Labute approximate surface area is 145 Å². The standard InChI is InChI=1S/C18H10ClFO5/c19-15-6-10(20)2-4-11(15)13-7-17(22)25-16-5-9(1-3-12(13)16)14(8-21)18(23)24/h1-8,14H,(H,23,24). The number of rotatable bonds is 4. The van der Waals surface area contributed by atoms with Gasteiger partial charge in [0.25, 0.3) is 0 Å². The molecule has 1 N–H and O–H groups in total. The number of carboxylic acids is 1. The Hall–Kier alpha value is -2.99. The highest BCUT2D eigenvalue weighted by molar-refractivity contribution is 6.33. The highest BCUT2D eigenvalue weighted by Crippen LogP contribution is 2.34. The maximum Gasteiger partial charge on any atom is 0.336 e. The molecule has 3 rings (SSSR count). The van der Waals surface area contributed by atoms with Crippen LogP contribution in [0.2, 0.25) is 5.02 Å². The number of halogens is 2. The van der Waals surface area contributed by atoms with E-state index in [1.807, 2.05) is 0 Å². The molecule has 126 valence electrons. The zero-order chi connectivity index (χ0) is 18.1. The molecule has 0 aliphatic rings. The quantitative estimate of drug-likeness (QED) is 0.436. The minimum atomic E-state index is -1.37. The van der Waals surface area contributed by atoms with Gasteiger partial charge in [-0.15, -0.1) is 0 Å². The third kappa shape index (κ3) is 3.16. The molecule has 5 nitrogen and oxygen atoms in total. The van der Waals surface area contributed by atoms with Gasteiger partial charge in [-0.05, 0) is 29.8 Å². The molecule has 0 aliphatic carbocycles. The predicted molar refractivity (Wildman–Crippen MR) is 89.3 cm³/mol. The molecule has 0 aliphatic heterocycles. The zero-order valence-corrected chi connectivity index (χ0v) is 13.3. The summed E-state index contributed by atoms with van der Waals surface area (Å²) in [5.74, 6) is -3.19. The first-order chi connectivity index (χ1) is 11.9. The summed E-state index contributed by atoms with van der Waals surface area (Å²) in [5.41, 5.74) is 0.451. The van der Waals surface area contributed by atoms with E-state index in [9.17, 15) is 18.8 Å². The van der Waals surface area contributed by atoms with E-state index in [4.69, 9.17) is 21.1 Å². The smallest absolute Gasteiger partial charge is 0.336 e. The fourth-order valence-corrected chi connectivity index (χ4v) is 2.85. The molecule has 0 bridgehead atoms. The van der Waals surface area contributed by atoms with Crippen molar-refractivity contribution >= 4 is 34.8 Å². The van der Waals surface area contributed by atoms with Crippen LogP contribution >= 0.6 is 11.6 Å². The van der Waals surface area contributed by atoms with Gasteiger partial charge in [0, 0.05) is 22.6 Å². The van der Waals surface area contributed by atoms with Crippen molar-refractivity contribution in [2.24, 2.45) is 0 Å². The number of carboxylic acid groups (broad SMARTS) is 1. The topological polar surface area (TPSA) is 84.6 Å². The highest BCUT2D eigenvalue weighted by atomic mass is 35.5. The van der Waals surface area contributed by atoms with Crippen molar-refractivity contribution in [3.63, 3.8) is 0 Å². The van der Waals surface area contributed by atoms with Crippen molar-refractivity contribution in [2.45, 2.75) is 5.92 Å². The summed E-state index contributed by atoms with van der Waals surface area (Å²) in [5, 5.41) is 9.67. The molecule has 2 aromatic carbocycles. The molecule has 25 heavy (non-hydrogen) atoms. The molecular weight excluding hydrogens is 351 g/mol. The number of aliphatic carboxylic acids is 1. The molecule has 0 fully saturated rings. The highest BCUT2D eigenvalue weighted by Gasteiger charge is 2.20. The van der Waals surface area contributed by atoms with Crippen LogP contribution in [0.1, 0.15) is 11.5 Å². The van der Waals surface area contributed by atoms with Gasteiger partial charge in [-0.2, -0.15) is 0 Å². The third-order valence-corrected chi connectivity index (χ3v) is 4.06. The van der Waals surface area contributed by atoms with Gasteiger partial charge >= 0.3 is 11.6 Å². The van der Waals surface area contributed by atoms with Crippen molar-refractivity contribution in [2.75, 3.05) is 0 Å². The number of fused-ring (bicyclic) bond motifs is 1. The van der Waals surface area contributed by atoms with Crippen molar-refractivity contribution in [3.8, 4) is 11.1 Å². The van der Waals surface area contributed by atoms with Crippen LogP contribution in [-0.2, 0) is 9.59 Å². The van der Waals surface area contributed by atoms with Gasteiger partial charge in [-0.1, -0.05) is 23.7 Å². The van der Waals surface area contributed by atoms with Crippen LogP contribution in [0.4, 0.5) is 4.39 Å². The van der Waals surface area contributed by atoms with Crippen LogP contribution in [0.25, 0.3) is 22.1 Å². The van der Waals surface area contributed by atoms with E-state index < -0.39 is 23.3 Å². The SMILES string of the molecule is O=CC(C(=O)O)c1ccc2c(-c3ccc(F)cc3Cl)cc(=O)oc2c1. The molecule has 0 spiro atoms. The summed E-state index contributed by atoms with van der Waals surface area (Å²) in [6.07, 6.45) is 0.294. The minimum absolute atomic E-state index is 0.105. The van der Waals surface area contributed by atoms with Crippen LogP contribution in [0.5, 0.6) is 0 Å². The lowest BCUT2D eigenvalue weighted by molar-refractivity contribution is -0.140. The molecule has 0 radical (unpaired) electrons. The summed E-state index contributed by atoms with van der Waals surface area (Å²) in [6, 6.07) is 9.30. The molecule has 0 saturated heterocycles. The Morgan fingerprint density at radius 2 is 1.92 bits per heavy atom. The second-order valence-electron chi connectivity index (χ2n) is 5.31.